The quantitative estimate of drug-likeness (QED) is 0.631. The average molecular weight is 133 g/mol. The monoisotopic (exact) mass is 133 g/mol. The van der Waals surface area contributed by atoms with Gasteiger partial charge in [0.15, 0.2) is 0 Å². The summed E-state index contributed by atoms with van der Waals surface area (Å²) in [7, 11) is 0. The fourth-order valence-corrected chi connectivity index (χ4v) is 1.35. The van der Waals surface area contributed by atoms with Crippen LogP contribution in [0.2, 0.25) is 0 Å². The van der Waals surface area contributed by atoms with Crippen LogP contribution in [0.1, 0.15) is 20.8 Å². The van der Waals surface area contributed by atoms with E-state index in [4.69, 9.17) is 5.73 Å². The molecule has 0 aromatic rings. The summed E-state index contributed by atoms with van der Waals surface area (Å²) in [6, 6.07) is 0. The Labute approximate surface area is 56.0 Å². The molecular weight excluding hydrogens is 118 g/mol. The van der Waals surface area contributed by atoms with E-state index >= 15 is 0 Å². The molecule has 0 atom stereocenters. The molecule has 0 aliphatic rings. The van der Waals surface area contributed by atoms with Crippen molar-refractivity contribution in [2.45, 2.75) is 25.5 Å². The standard InChI is InChI=1S/C6H15NS/c1-4-8-6(2,3)5-7/h4-5,7H2,1-3H3. The molecule has 0 spiro atoms. The van der Waals surface area contributed by atoms with Crippen LogP contribution in [0.15, 0.2) is 0 Å². The Bertz CT molecular complexity index is 61.5. The van der Waals surface area contributed by atoms with E-state index in [9.17, 15) is 0 Å². The molecule has 0 saturated heterocycles. The Kier molecular flexibility index (Phi) is 3.49. The lowest BCUT2D eigenvalue weighted by Gasteiger charge is -2.19. The summed E-state index contributed by atoms with van der Waals surface area (Å²) in [6.45, 7) is 7.26. The molecule has 1 nitrogen and oxygen atoms in total. The van der Waals surface area contributed by atoms with Gasteiger partial charge in [0.2, 0.25) is 0 Å². The van der Waals surface area contributed by atoms with E-state index in [1.807, 2.05) is 11.8 Å². The zero-order valence-electron chi connectivity index (χ0n) is 5.90. The second kappa shape index (κ2) is 3.36. The molecule has 50 valence electrons. The second-order valence-corrected chi connectivity index (χ2v) is 4.37. The first-order valence-corrected chi connectivity index (χ1v) is 3.95. The largest absolute Gasteiger partial charge is 0.329 e. The summed E-state index contributed by atoms with van der Waals surface area (Å²) in [5.41, 5.74) is 5.47. The van der Waals surface area contributed by atoms with E-state index in [0.717, 1.165) is 12.3 Å². The third-order valence-electron chi connectivity index (χ3n) is 1.03. The molecule has 2 N–H and O–H groups in total. The highest BCUT2D eigenvalue weighted by molar-refractivity contribution is 8.00. The Morgan fingerprint density at radius 3 is 2.12 bits per heavy atom. The molecule has 0 heterocycles. The first-order valence-electron chi connectivity index (χ1n) is 2.96. The molecule has 0 saturated carbocycles. The summed E-state index contributed by atoms with van der Waals surface area (Å²) in [5, 5.41) is 0. The number of hydrogen-bond acceptors (Lipinski definition) is 2. The highest BCUT2D eigenvalue weighted by Crippen LogP contribution is 2.21. The maximum atomic E-state index is 5.47. The average Bonchev–Trinajstić information content (AvgIpc) is 1.67. The number of thioether (sulfide) groups is 1. The van der Waals surface area contributed by atoms with E-state index in [1.54, 1.807) is 0 Å². The molecule has 0 bridgehead atoms. The van der Waals surface area contributed by atoms with Crippen molar-refractivity contribution >= 4 is 11.8 Å². The summed E-state index contributed by atoms with van der Waals surface area (Å²) < 4.78 is 0.286. The maximum absolute atomic E-state index is 5.47. The van der Waals surface area contributed by atoms with Crippen LogP contribution < -0.4 is 5.73 Å². The normalized spacial score (nSPS) is 12.0. The predicted octanol–water partition coefficient (Wildman–Crippen LogP) is 1.48. The third kappa shape index (κ3) is 3.33. The maximum Gasteiger partial charge on any atom is 0.0225 e. The van der Waals surface area contributed by atoms with Gasteiger partial charge in [-0.15, -0.1) is 0 Å². The fourth-order valence-electron chi connectivity index (χ4n) is 0.450. The van der Waals surface area contributed by atoms with Gasteiger partial charge in [-0.2, -0.15) is 11.8 Å². The van der Waals surface area contributed by atoms with Gasteiger partial charge < -0.3 is 5.73 Å². The zero-order valence-corrected chi connectivity index (χ0v) is 6.72. The van der Waals surface area contributed by atoms with Crippen molar-refractivity contribution in [3.63, 3.8) is 0 Å². The molecule has 8 heavy (non-hydrogen) atoms. The summed E-state index contributed by atoms with van der Waals surface area (Å²) in [5.74, 6) is 1.16. The summed E-state index contributed by atoms with van der Waals surface area (Å²) in [4.78, 5) is 0. The molecule has 0 aromatic carbocycles. The second-order valence-electron chi connectivity index (χ2n) is 2.40. The molecule has 0 amide bonds. The van der Waals surface area contributed by atoms with Crippen molar-refractivity contribution < 1.29 is 0 Å². The molecule has 0 aliphatic heterocycles. The number of rotatable bonds is 3. The van der Waals surface area contributed by atoms with Crippen molar-refractivity contribution in [3.8, 4) is 0 Å². The minimum atomic E-state index is 0.286. The van der Waals surface area contributed by atoms with Crippen LogP contribution >= 0.6 is 11.8 Å². The molecule has 0 aromatic heterocycles. The van der Waals surface area contributed by atoms with Gasteiger partial charge in [-0.25, -0.2) is 0 Å². The molecule has 0 fully saturated rings. The van der Waals surface area contributed by atoms with Crippen LogP contribution in [0.4, 0.5) is 0 Å². The van der Waals surface area contributed by atoms with Crippen molar-refractivity contribution in [2.24, 2.45) is 5.73 Å². The molecule has 0 unspecified atom stereocenters. The van der Waals surface area contributed by atoms with Gasteiger partial charge in [0.05, 0.1) is 0 Å². The van der Waals surface area contributed by atoms with Crippen LogP contribution in [0.5, 0.6) is 0 Å². The Balaban J connectivity index is 3.37. The van der Waals surface area contributed by atoms with Crippen molar-refractivity contribution in [3.05, 3.63) is 0 Å². The molecule has 2 heteroatoms. The van der Waals surface area contributed by atoms with Crippen LogP contribution in [-0.4, -0.2) is 17.0 Å². The smallest absolute Gasteiger partial charge is 0.0225 e. The Morgan fingerprint density at radius 2 is 2.00 bits per heavy atom. The highest BCUT2D eigenvalue weighted by Gasteiger charge is 2.13. The number of nitrogens with two attached hydrogens (primary N) is 1. The van der Waals surface area contributed by atoms with Crippen LogP contribution in [-0.2, 0) is 0 Å². The van der Waals surface area contributed by atoms with Crippen LogP contribution in [0.25, 0.3) is 0 Å². The van der Waals surface area contributed by atoms with Gasteiger partial charge >= 0.3 is 0 Å². The highest BCUT2D eigenvalue weighted by atomic mass is 32.2. The molecular formula is C6H15NS. The van der Waals surface area contributed by atoms with Gasteiger partial charge in [-0.1, -0.05) is 6.92 Å². The van der Waals surface area contributed by atoms with Crippen molar-refractivity contribution in [2.75, 3.05) is 12.3 Å². The van der Waals surface area contributed by atoms with Crippen LogP contribution in [0, 0.1) is 0 Å². The minimum Gasteiger partial charge on any atom is -0.329 e. The minimum absolute atomic E-state index is 0.286. The number of hydrogen-bond donors (Lipinski definition) is 1. The van der Waals surface area contributed by atoms with Gasteiger partial charge in [-0.3, -0.25) is 0 Å². The van der Waals surface area contributed by atoms with E-state index in [1.165, 1.54) is 0 Å². The topological polar surface area (TPSA) is 26.0 Å². The van der Waals surface area contributed by atoms with Gasteiger partial charge in [0, 0.05) is 11.3 Å². The Hall–Kier alpha value is 0.310. The Morgan fingerprint density at radius 1 is 1.50 bits per heavy atom. The lowest BCUT2D eigenvalue weighted by atomic mass is 10.2. The fraction of sp³-hybridized carbons (Fsp3) is 1.00. The van der Waals surface area contributed by atoms with Crippen molar-refractivity contribution in [1.29, 1.82) is 0 Å². The molecule has 0 radical (unpaired) electrons. The first kappa shape index (κ1) is 8.31. The van der Waals surface area contributed by atoms with Gasteiger partial charge in [-0.05, 0) is 19.6 Å². The van der Waals surface area contributed by atoms with Crippen molar-refractivity contribution in [1.82, 2.24) is 0 Å². The lowest BCUT2D eigenvalue weighted by molar-refractivity contribution is 0.723. The lowest BCUT2D eigenvalue weighted by Crippen LogP contribution is -2.26. The first-order chi connectivity index (χ1) is 3.62. The third-order valence-corrected chi connectivity index (χ3v) is 2.26. The van der Waals surface area contributed by atoms with Gasteiger partial charge in [0.1, 0.15) is 0 Å². The van der Waals surface area contributed by atoms with Crippen LogP contribution in [0.3, 0.4) is 0 Å². The van der Waals surface area contributed by atoms with Gasteiger partial charge in [0.25, 0.3) is 0 Å². The molecule has 0 aliphatic carbocycles. The summed E-state index contributed by atoms with van der Waals surface area (Å²) in [6.07, 6.45) is 0. The van der Waals surface area contributed by atoms with E-state index in [0.29, 0.717) is 0 Å². The van der Waals surface area contributed by atoms with E-state index < -0.39 is 0 Å². The van der Waals surface area contributed by atoms with E-state index in [-0.39, 0.29) is 4.75 Å². The SMILES string of the molecule is CCSC(C)(C)CN. The predicted molar refractivity (Wildman–Crippen MR) is 41.3 cm³/mol. The zero-order chi connectivity index (χ0) is 6.62. The van der Waals surface area contributed by atoms with E-state index in [2.05, 4.69) is 20.8 Å². The molecule has 0 rings (SSSR count). The summed E-state index contributed by atoms with van der Waals surface area (Å²) >= 11 is 1.91.